The quantitative estimate of drug-likeness (QED) is 0.564. The number of methoxy groups -OCH3 is 1. The predicted molar refractivity (Wildman–Crippen MR) is 80.2 cm³/mol. The van der Waals surface area contributed by atoms with E-state index in [1.54, 1.807) is 17.8 Å². The van der Waals surface area contributed by atoms with E-state index >= 15 is 0 Å². The second-order valence-corrected chi connectivity index (χ2v) is 6.72. The molecule has 1 aromatic rings. The number of hydrogen-bond donors (Lipinski definition) is 2. The fourth-order valence-electron chi connectivity index (χ4n) is 1.55. The van der Waals surface area contributed by atoms with Crippen LogP contribution >= 0.6 is 11.8 Å². The third-order valence-corrected chi connectivity index (χ3v) is 4.81. The van der Waals surface area contributed by atoms with Crippen LogP contribution in [-0.4, -0.2) is 34.1 Å². The number of rotatable bonds is 8. The summed E-state index contributed by atoms with van der Waals surface area (Å²) in [7, 11) is -2.03. The van der Waals surface area contributed by atoms with Gasteiger partial charge < -0.3 is 10.5 Å². The lowest BCUT2D eigenvalue weighted by Gasteiger charge is -2.10. The molecule has 5 nitrogen and oxygen atoms in total. The van der Waals surface area contributed by atoms with E-state index in [0.717, 1.165) is 18.6 Å². The molecule has 0 unspecified atom stereocenters. The zero-order valence-corrected chi connectivity index (χ0v) is 12.8. The van der Waals surface area contributed by atoms with Gasteiger partial charge in [0.25, 0.3) is 0 Å². The Bertz CT molecular complexity index is 504. The molecule has 0 spiro atoms. The van der Waals surface area contributed by atoms with E-state index in [2.05, 4.69) is 4.72 Å². The molecule has 0 aliphatic heterocycles. The van der Waals surface area contributed by atoms with Crippen molar-refractivity contribution < 1.29 is 13.2 Å². The van der Waals surface area contributed by atoms with Crippen LogP contribution in [0.1, 0.15) is 12.8 Å². The van der Waals surface area contributed by atoms with Crippen molar-refractivity contribution in [1.29, 1.82) is 0 Å². The van der Waals surface area contributed by atoms with Crippen LogP contribution in [0.5, 0.6) is 5.75 Å². The van der Waals surface area contributed by atoms with E-state index < -0.39 is 10.0 Å². The number of hydrogen-bond acceptors (Lipinski definition) is 5. The number of ether oxygens (including phenoxy) is 1. The van der Waals surface area contributed by atoms with Crippen LogP contribution in [0.2, 0.25) is 0 Å². The summed E-state index contributed by atoms with van der Waals surface area (Å²) < 4.78 is 31.6. The lowest BCUT2D eigenvalue weighted by molar-refractivity contribution is 0.414. The normalized spacial score (nSPS) is 11.5. The highest BCUT2D eigenvalue weighted by molar-refractivity contribution is 7.98. The number of unbranched alkanes of at least 4 members (excludes halogenated alkanes) is 1. The van der Waals surface area contributed by atoms with Gasteiger partial charge in [-0.1, -0.05) is 0 Å². The summed E-state index contributed by atoms with van der Waals surface area (Å²) in [6, 6.07) is 4.54. The maximum Gasteiger partial charge on any atom is 0.242 e. The molecule has 0 saturated heterocycles. The van der Waals surface area contributed by atoms with Crippen LogP contribution in [0.25, 0.3) is 0 Å². The first-order valence-electron chi connectivity index (χ1n) is 5.93. The van der Waals surface area contributed by atoms with Gasteiger partial charge in [0.05, 0.1) is 12.8 Å². The number of thioether (sulfide) groups is 1. The monoisotopic (exact) mass is 304 g/mol. The number of sulfonamides is 1. The Labute approximate surface area is 119 Å². The van der Waals surface area contributed by atoms with Crippen LogP contribution in [0.15, 0.2) is 23.1 Å². The van der Waals surface area contributed by atoms with Gasteiger partial charge in [-0.25, -0.2) is 13.1 Å². The van der Waals surface area contributed by atoms with Crippen LogP contribution < -0.4 is 15.2 Å². The molecule has 1 aromatic carbocycles. The van der Waals surface area contributed by atoms with Gasteiger partial charge in [-0.2, -0.15) is 11.8 Å². The summed E-state index contributed by atoms with van der Waals surface area (Å²) in [6.45, 7) is 0.425. The van der Waals surface area contributed by atoms with E-state index in [4.69, 9.17) is 10.5 Å². The molecule has 0 aliphatic rings. The lowest BCUT2D eigenvalue weighted by atomic mass is 10.3. The fourth-order valence-corrected chi connectivity index (χ4v) is 3.23. The highest BCUT2D eigenvalue weighted by Gasteiger charge is 2.17. The molecule has 0 atom stereocenters. The number of nitrogen functional groups attached to an aromatic ring is 1. The van der Waals surface area contributed by atoms with Crippen molar-refractivity contribution in [1.82, 2.24) is 4.72 Å². The molecule has 0 saturated carbocycles. The molecule has 0 fully saturated rings. The minimum absolute atomic E-state index is 0.0955. The Morgan fingerprint density at radius 1 is 1.37 bits per heavy atom. The van der Waals surface area contributed by atoms with Crippen LogP contribution in [0.3, 0.4) is 0 Å². The van der Waals surface area contributed by atoms with Crippen molar-refractivity contribution in [2.45, 2.75) is 17.7 Å². The van der Waals surface area contributed by atoms with Crippen LogP contribution in [0.4, 0.5) is 5.69 Å². The summed E-state index contributed by atoms with van der Waals surface area (Å²) in [6.07, 6.45) is 3.83. The van der Waals surface area contributed by atoms with Gasteiger partial charge in [0.15, 0.2) is 0 Å². The first-order chi connectivity index (χ1) is 9.01. The number of benzene rings is 1. The van der Waals surface area contributed by atoms with Gasteiger partial charge in [-0.05, 0) is 37.0 Å². The molecule has 1 rings (SSSR count). The zero-order valence-electron chi connectivity index (χ0n) is 11.2. The topological polar surface area (TPSA) is 81.4 Å². The number of nitrogens with one attached hydrogen (secondary N) is 1. The minimum Gasteiger partial charge on any atom is -0.497 e. The maximum absolute atomic E-state index is 12.0. The van der Waals surface area contributed by atoms with Crippen molar-refractivity contribution in [3.05, 3.63) is 18.2 Å². The van der Waals surface area contributed by atoms with Crippen LogP contribution in [0, 0.1) is 0 Å². The van der Waals surface area contributed by atoms with Gasteiger partial charge in [0.1, 0.15) is 10.6 Å². The van der Waals surface area contributed by atoms with E-state index in [1.165, 1.54) is 19.2 Å². The van der Waals surface area contributed by atoms with Gasteiger partial charge in [0, 0.05) is 12.6 Å². The van der Waals surface area contributed by atoms with Gasteiger partial charge in [0.2, 0.25) is 10.0 Å². The summed E-state index contributed by atoms with van der Waals surface area (Å²) >= 11 is 1.75. The Kier molecular flexibility index (Phi) is 6.47. The number of nitrogens with two attached hydrogens (primary N) is 1. The van der Waals surface area contributed by atoms with Crippen molar-refractivity contribution in [2.24, 2.45) is 0 Å². The summed E-state index contributed by atoms with van der Waals surface area (Å²) in [4.78, 5) is 0.0955. The predicted octanol–water partition coefficient (Wildman–Crippen LogP) is 1.70. The Morgan fingerprint density at radius 2 is 2.11 bits per heavy atom. The van der Waals surface area contributed by atoms with Gasteiger partial charge in [-0.3, -0.25) is 0 Å². The maximum atomic E-state index is 12.0. The summed E-state index contributed by atoms with van der Waals surface area (Å²) in [5.41, 5.74) is 5.92. The lowest BCUT2D eigenvalue weighted by Crippen LogP contribution is -2.25. The smallest absolute Gasteiger partial charge is 0.242 e. The Hall–Kier alpha value is -0.920. The summed E-state index contributed by atoms with van der Waals surface area (Å²) in [5.74, 6) is 1.57. The second kappa shape index (κ2) is 7.62. The molecule has 0 amide bonds. The van der Waals surface area contributed by atoms with E-state index in [9.17, 15) is 8.42 Å². The van der Waals surface area contributed by atoms with Crippen molar-refractivity contribution in [3.63, 3.8) is 0 Å². The molecule has 0 bridgehead atoms. The third-order valence-electron chi connectivity index (χ3n) is 2.57. The molecule has 7 heteroatoms. The molecular formula is C12H20N2O3S2. The highest BCUT2D eigenvalue weighted by Crippen LogP contribution is 2.23. The van der Waals surface area contributed by atoms with Crippen molar-refractivity contribution in [3.8, 4) is 5.75 Å². The van der Waals surface area contributed by atoms with E-state index in [0.29, 0.717) is 12.3 Å². The van der Waals surface area contributed by atoms with Crippen molar-refractivity contribution >= 4 is 27.5 Å². The molecule has 0 aromatic heterocycles. The van der Waals surface area contributed by atoms with Gasteiger partial charge >= 0.3 is 0 Å². The Morgan fingerprint density at radius 3 is 2.68 bits per heavy atom. The summed E-state index contributed by atoms with van der Waals surface area (Å²) in [5, 5.41) is 0. The average Bonchev–Trinajstić information content (AvgIpc) is 2.37. The van der Waals surface area contributed by atoms with E-state index in [1.807, 2.05) is 6.26 Å². The third kappa shape index (κ3) is 4.93. The average molecular weight is 304 g/mol. The molecule has 19 heavy (non-hydrogen) atoms. The molecular weight excluding hydrogens is 284 g/mol. The SMILES string of the molecule is COc1ccc(S(=O)(=O)NCCCCSC)c(N)c1. The second-order valence-electron chi connectivity index (χ2n) is 4.00. The largest absolute Gasteiger partial charge is 0.497 e. The molecule has 0 radical (unpaired) electrons. The van der Waals surface area contributed by atoms with E-state index in [-0.39, 0.29) is 10.6 Å². The van der Waals surface area contributed by atoms with Crippen LogP contribution in [-0.2, 0) is 10.0 Å². The van der Waals surface area contributed by atoms with Gasteiger partial charge in [-0.15, -0.1) is 0 Å². The number of anilines is 1. The molecule has 0 aliphatic carbocycles. The standard InChI is InChI=1S/C12H20N2O3S2/c1-17-10-5-6-12(11(13)9-10)19(15,16)14-7-3-4-8-18-2/h5-6,9,14H,3-4,7-8,13H2,1-2H3. The Balaban J connectivity index is 2.67. The minimum atomic E-state index is -3.54. The molecule has 108 valence electrons. The van der Waals surface area contributed by atoms with Crippen molar-refractivity contribution in [2.75, 3.05) is 31.4 Å². The zero-order chi connectivity index (χ0) is 14.3. The molecule has 0 heterocycles. The first kappa shape index (κ1) is 16.1. The fraction of sp³-hybridized carbons (Fsp3) is 0.500. The highest BCUT2D eigenvalue weighted by atomic mass is 32.2. The first-order valence-corrected chi connectivity index (χ1v) is 8.81. The molecule has 3 N–H and O–H groups in total.